The molecule has 0 saturated carbocycles. The molecule has 19 heavy (non-hydrogen) atoms. The minimum Gasteiger partial charge on any atom is -0.497 e. The van der Waals surface area contributed by atoms with Crippen LogP contribution in [0.1, 0.15) is 27.2 Å². The Morgan fingerprint density at radius 2 is 1.79 bits per heavy atom. The maximum Gasteiger partial charge on any atom is 0.181 e. The molecule has 1 rings (SSSR count). The fourth-order valence-corrected chi connectivity index (χ4v) is 3.58. The molecule has 1 N–H and O–H groups in total. The van der Waals surface area contributed by atoms with E-state index in [4.69, 9.17) is 4.74 Å². The first-order valence-corrected chi connectivity index (χ1v) is 8.07. The summed E-state index contributed by atoms with van der Waals surface area (Å²) in [5, 5.41) is 2.83. The summed E-state index contributed by atoms with van der Waals surface area (Å²) in [6.07, 6.45) is 0.599. The van der Waals surface area contributed by atoms with E-state index in [-0.39, 0.29) is 6.04 Å². The van der Waals surface area contributed by atoms with Gasteiger partial charge in [0.2, 0.25) is 0 Å². The van der Waals surface area contributed by atoms with Crippen LogP contribution in [0.4, 0.5) is 0 Å². The van der Waals surface area contributed by atoms with Crippen LogP contribution in [0.25, 0.3) is 0 Å². The number of ether oxygens (including phenoxy) is 1. The van der Waals surface area contributed by atoms with Gasteiger partial charge in [-0.05, 0) is 51.1 Å². The molecule has 0 heterocycles. The van der Waals surface area contributed by atoms with Crippen molar-refractivity contribution in [1.82, 2.24) is 5.32 Å². The lowest BCUT2D eigenvalue weighted by molar-refractivity contribution is 0.414. The summed E-state index contributed by atoms with van der Waals surface area (Å²) >= 11 is 0. The van der Waals surface area contributed by atoms with Gasteiger partial charge < -0.3 is 10.1 Å². The highest BCUT2D eigenvalue weighted by atomic mass is 32.2. The normalized spacial score (nSPS) is 14.9. The van der Waals surface area contributed by atoms with Gasteiger partial charge in [-0.2, -0.15) is 0 Å². The molecule has 0 aromatic heterocycles. The predicted octanol–water partition coefficient (Wildman–Crippen LogP) is 2.25. The first kappa shape index (κ1) is 16.0. The van der Waals surface area contributed by atoms with Crippen LogP contribution in [0, 0.1) is 0 Å². The lowest BCUT2D eigenvalue weighted by Gasteiger charge is -2.18. The van der Waals surface area contributed by atoms with Gasteiger partial charge in [-0.25, -0.2) is 8.42 Å². The quantitative estimate of drug-likeness (QED) is 0.835. The Balaban J connectivity index is 2.83. The number of methoxy groups -OCH3 is 1. The minimum absolute atomic E-state index is 0.188. The van der Waals surface area contributed by atoms with Crippen molar-refractivity contribution in [1.29, 1.82) is 0 Å². The van der Waals surface area contributed by atoms with E-state index in [1.165, 1.54) is 0 Å². The number of nitrogens with one attached hydrogen (secondary N) is 1. The lowest BCUT2D eigenvalue weighted by Crippen LogP contribution is -2.32. The second-order valence-electron chi connectivity index (χ2n) is 4.73. The van der Waals surface area contributed by atoms with Crippen LogP contribution in [-0.2, 0) is 9.84 Å². The summed E-state index contributed by atoms with van der Waals surface area (Å²) < 4.78 is 29.8. The van der Waals surface area contributed by atoms with Gasteiger partial charge in [0.25, 0.3) is 0 Å². The van der Waals surface area contributed by atoms with Crippen molar-refractivity contribution in [3.8, 4) is 5.75 Å². The van der Waals surface area contributed by atoms with Crippen molar-refractivity contribution in [2.24, 2.45) is 0 Å². The van der Waals surface area contributed by atoms with E-state index in [9.17, 15) is 8.42 Å². The topological polar surface area (TPSA) is 55.4 Å². The van der Waals surface area contributed by atoms with Crippen molar-refractivity contribution in [3.05, 3.63) is 24.3 Å². The Morgan fingerprint density at radius 1 is 1.21 bits per heavy atom. The summed E-state index contributed by atoms with van der Waals surface area (Å²) in [5.41, 5.74) is 0. The maximum atomic E-state index is 12.4. The highest BCUT2D eigenvalue weighted by molar-refractivity contribution is 7.92. The highest BCUT2D eigenvalue weighted by Crippen LogP contribution is 2.21. The fraction of sp³-hybridized carbons (Fsp3) is 0.571. The standard InChI is InChI=1S/C14H23NO3S/c1-5-15-11(2)10-12(3)19(16,17)14-8-6-13(18-4)7-9-14/h6-9,11-12,15H,5,10H2,1-4H3. The van der Waals surface area contributed by atoms with E-state index in [1.54, 1.807) is 38.3 Å². The average Bonchev–Trinajstić information content (AvgIpc) is 2.39. The SMILES string of the molecule is CCNC(C)CC(C)S(=O)(=O)c1ccc(OC)cc1. The van der Waals surface area contributed by atoms with Gasteiger partial charge in [0.05, 0.1) is 17.3 Å². The Kier molecular flexibility index (Phi) is 5.82. The van der Waals surface area contributed by atoms with E-state index < -0.39 is 15.1 Å². The molecule has 0 aliphatic carbocycles. The second kappa shape index (κ2) is 6.91. The first-order chi connectivity index (χ1) is 8.91. The van der Waals surface area contributed by atoms with Gasteiger partial charge in [-0.3, -0.25) is 0 Å². The molecule has 0 aliphatic rings. The van der Waals surface area contributed by atoms with Gasteiger partial charge in [0, 0.05) is 6.04 Å². The molecular weight excluding hydrogens is 262 g/mol. The molecule has 1 aromatic rings. The van der Waals surface area contributed by atoms with Crippen LogP contribution < -0.4 is 10.1 Å². The van der Waals surface area contributed by atoms with E-state index in [2.05, 4.69) is 5.32 Å². The van der Waals surface area contributed by atoms with Crippen molar-refractivity contribution >= 4 is 9.84 Å². The zero-order chi connectivity index (χ0) is 14.5. The molecule has 0 spiro atoms. The number of benzene rings is 1. The molecule has 4 nitrogen and oxygen atoms in total. The van der Waals surface area contributed by atoms with Gasteiger partial charge in [0.1, 0.15) is 5.75 Å². The fourth-order valence-electron chi connectivity index (χ4n) is 2.05. The minimum atomic E-state index is -3.27. The number of sulfone groups is 1. The molecular formula is C14H23NO3S. The van der Waals surface area contributed by atoms with E-state index in [0.29, 0.717) is 17.1 Å². The van der Waals surface area contributed by atoms with Crippen molar-refractivity contribution < 1.29 is 13.2 Å². The molecule has 108 valence electrons. The smallest absolute Gasteiger partial charge is 0.181 e. The summed E-state index contributed by atoms with van der Waals surface area (Å²) in [6, 6.07) is 6.74. The highest BCUT2D eigenvalue weighted by Gasteiger charge is 2.24. The summed E-state index contributed by atoms with van der Waals surface area (Å²) in [7, 11) is -1.71. The molecule has 2 unspecified atom stereocenters. The van der Waals surface area contributed by atoms with Gasteiger partial charge in [0.15, 0.2) is 9.84 Å². The Labute approximate surface area is 116 Å². The average molecular weight is 285 g/mol. The second-order valence-corrected chi connectivity index (χ2v) is 7.09. The first-order valence-electron chi connectivity index (χ1n) is 6.53. The predicted molar refractivity (Wildman–Crippen MR) is 77.4 cm³/mol. The van der Waals surface area contributed by atoms with E-state index in [0.717, 1.165) is 6.54 Å². The van der Waals surface area contributed by atoms with Gasteiger partial charge in [-0.1, -0.05) is 6.92 Å². The van der Waals surface area contributed by atoms with Crippen LogP contribution in [0.5, 0.6) is 5.75 Å². The zero-order valence-corrected chi connectivity index (χ0v) is 12.8. The van der Waals surface area contributed by atoms with Crippen LogP contribution in [-0.4, -0.2) is 33.4 Å². The van der Waals surface area contributed by atoms with Crippen LogP contribution >= 0.6 is 0 Å². The van der Waals surface area contributed by atoms with E-state index in [1.807, 2.05) is 13.8 Å². The van der Waals surface area contributed by atoms with Crippen LogP contribution in [0.15, 0.2) is 29.2 Å². The molecule has 5 heteroatoms. The molecule has 0 saturated heterocycles. The molecule has 0 fully saturated rings. The Hall–Kier alpha value is -1.07. The summed E-state index contributed by atoms with van der Waals surface area (Å²) in [5.74, 6) is 0.660. The van der Waals surface area contributed by atoms with Crippen molar-refractivity contribution in [3.63, 3.8) is 0 Å². The summed E-state index contributed by atoms with van der Waals surface area (Å²) in [6.45, 7) is 6.62. The van der Waals surface area contributed by atoms with Gasteiger partial charge in [-0.15, -0.1) is 0 Å². The third-order valence-electron chi connectivity index (χ3n) is 3.16. The molecule has 1 aromatic carbocycles. The zero-order valence-electron chi connectivity index (χ0n) is 12.0. The monoisotopic (exact) mass is 285 g/mol. The van der Waals surface area contributed by atoms with Crippen molar-refractivity contribution in [2.75, 3.05) is 13.7 Å². The third-order valence-corrected chi connectivity index (χ3v) is 5.34. The van der Waals surface area contributed by atoms with Crippen molar-refractivity contribution in [2.45, 2.75) is 43.4 Å². The maximum absolute atomic E-state index is 12.4. The van der Waals surface area contributed by atoms with Gasteiger partial charge >= 0.3 is 0 Å². The lowest BCUT2D eigenvalue weighted by atomic mass is 10.2. The van der Waals surface area contributed by atoms with Crippen LogP contribution in [0.3, 0.4) is 0 Å². The molecule has 0 radical (unpaired) electrons. The molecule has 2 atom stereocenters. The number of hydrogen-bond acceptors (Lipinski definition) is 4. The molecule has 0 bridgehead atoms. The third kappa shape index (κ3) is 4.21. The Morgan fingerprint density at radius 3 is 2.26 bits per heavy atom. The molecule has 0 amide bonds. The summed E-state index contributed by atoms with van der Waals surface area (Å²) in [4.78, 5) is 0.351. The number of rotatable bonds is 7. The van der Waals surface area contributed by atoms with E-state index >= 15 is 0 Å². The molecule has 0 aliphatic heterocycles. The van der Waals surface area contributed by atoms with Crippen LogP contribution in [0.2, 0.25) is 0 Å². The number of hydrogen-bond donors (Lipinski definition) is 1. The largest absolute Gasteiger partial charge is 0.497 e. The Bertz CT molecular complexity index is 482.